The SMILES string of the molecule is CCc1cnc(CN2CCCCCCC2)o1. The van der Waals surface area contributed by atoms with Crippen LogP contribution in [0.1, 0.15) is 50.7 Å². The molecule has 1 aromatic heterocycles. The van der Waals surface area contributed by atoms with Crippen molar-refractivity contribution in [1.82, 2.24) is 9.88 Å². The van der Waals surface area contributed by atoms with Crippen LogP contribution in [0.4, 0.5) is 0 Å². The molecule has 1 aromatic rings. The van der Waals surface area contributed by atoms with E-state index in [9.17, 15) is 0 Å². The first-order chi connectivity index (χ1) is 7.88. The van der Waals surface area contributed by atoms with E-state index in [-0.39, 0.29) is 0 Å². The van der Waals surface area contributed by atoms with Gasteiger partial charge in [-0.1, -0.05) is 26.2 Å². The highest BCUT2D eigenvalue weighted by Gasteiger charge is 2.11. The Bertz CT molecular complexity index is 301. The van der Waals surface area contributed by atoms with Gasteiger partial charge in [-0.05, 0) is 25.9 Å². The fraction of sp³-hybridized carbons (Fsp3) is 0.769. The number of aromatic nitrogens is 1. The quantitative estimate of drug-likeness (QED) is 0.787. The molecule has 0 aliphatic carbocycles. The maximum atomic E-state index is 5.65. The Labute approximate surface area is 97.8 Å². The first kappa shape index (κ1) is 11.6. The molecular formula is C13H22N2O. The van der Waals surface area contributed by atoms with Crippen molar-refractivity contribution < 1.29 is 4.42 Å². The molecule has 0 radical (unpaired) electrons. The fourth-order valence-electron chi connectivity index (χ4n) is 2.25. The zero-order valence-electron chi connectivity index (χ0n) is 10.2. The first-order valence-electron chi connectivity index (χ1n) is 6.54. The van der Waals surface area contributed by atoms with Gasteiger partial charge in [0.1, 0.15) is 5.76 Å². The third kappa shape index (κ3) is 3.34. The topological polar surface area (TPSA) is 29.3 Å². The minimum atomic E-state index is 0.887. The van der Waals surface area contributed by atoms with E-state index in [1.807, 2.05) is 6.20 Å². The van der Waals surface area contributed by atoms with Gasteiger partial charge in [-0.25, -0.2) is 4.98 Å². The first-order valence-corrected chi connectivity index (χ1v) is 6.54. The lowest BCUT2D eigenvalue weighted by molar-refractivity contribution is 0.216. The summed E-state index contributed by atoms with van der Waals surface area (Å²) in [5.41, 5.74) is 0. The van der Waals surface area contributed by atoms with Gasteiger partial charge in [0, 0.05) is 6.42 Å². The Kier molecular flexibility index (Phi) is 4.40. The Balaban J connectivity index is 1.86. The van der Waals surface area contributed by atoms with Crippen molar-refractivity contribution >= 4 is 0 Å². The molecule has 0 atom stereocenters. The Morgan fingerprint density at radius 1 is 1.19 bits per heavy atom. The molecule has 1 aliphatic rings. The average Bonchev–Trinajstić information content (AvgIpc) is 2.69. The van der Waals surface area contributed by atoms with Crippen LogP contribution in [0.15, 0.2) is 10.6 Å². The van der Waals surface area contributed by atoms with Crippen LogP contribution in [0.5, 0.6) is 0 Å². The van der Waals surface area contributed by atoms with E-state index in [0.29, 0.717) is 0 Å². The molecule has 1 aliphatic heterocycles. The van der Waals surface area contributed by atoms with E-state index in [1.54, 1.807) is 0 Å². The van der Waals surface area contributed by atoms with E-state index in [2.05, 4.69) is 16.8 Å². The molecule has 3 nitrogen and oxygen atoms in total. The molecule has 0 spiro atoms. The number of likely N-dealkylation sites (tertiary alicyclic amines) is 1. The maximum absolute atomic E-state index is 5.65. The second-order valence-corrected chi connectivity index (χ2v) is 4.62. The lowest BCUT2D eigenvalue weighted by atomic mass is 10.1. The van der Waals surface area contributed by atoms with E-state index < -0.39 is 0 Å². The highest BCUT2D eigenvalue weighted by molar-refractivity contribution is 4.93. The monoisotopic (exact) mass is 222 g/mol. The molecule has 0 aromatic carbocycles. The van der Waals surface area contributed by atoms with Gasteiger partial charge < -0.3 is 4.42 Å². The van der Waals surface area contributed by atoms with Gasteiger partial charge in [0.15, 0.2) is 0 Å². The van der Waals surface area contributed by atoms with Gasteiger partial charge in [-0.2, -0.15) is 0 Å². The normalized spacial score (nSPS) is 19.3. The number of aryl methyl sites for hydroxylation is 1. The van der Waals surface area contributed by atoms with Crippen LogP contribution in [0.25, 0.3) is 0 Å². The van der Waals surface area contributed by atoms with Gasteiger partial charge in [-0.15, -0.1) is 0 Å². The maximum Gasteiger partial charge on any atom is 0.208 e. The van der Waals surface area contributed by atoms with E-state index in [1.165, 1.54) is 45.2 Å². The molecule has 3 heteroatoms. The molecule has 2 heterocycles. The van der Waals surface area contributed by atoms with Gasteiger partial charge in [0.2, 0.25) is 5.89 Å². The van der Waals surface area contributed by atoms with Crippen LogP contribution in [0, 0.1) is 0 Å². The van der Waals surface area contributed by atoms with Crippen LogP contribution in [0.3, 0.4) is 0 Å². The standard InChI is InChI=1S/C13H22N2O/c1-2-12-10-14-13(16-12)11-15-8-6-4-3-5-7-9-15/h10H,2-9,11H2,1H3. The van der Waals surface area contributed by atoms with Crippen molar-refractivity contribution in [2.24, 2.45) is 0 Å². The van der Waals surface area contributed by atoms with Crippen LogP contribution in [-0.2, 0) is 13.0 Å². The van der Waals surface area contributed by atoms with Crippen molar-refractivity contribution in [3.63, 3.8) is 0 Å². The summed E-state index contributed by atoms with van der Waals surface area (Å²) in [7, 11) is 0. The molecule has 0 bridgehead atoms. The smallest absolute Gasteiger partial charge is 0.208 e. The minimum Gasteiger partial charge on any atom is -0.444 e. The third-order valence-electron chi connectivity index (χ3n) is 3.26. The van der Waals surface area contributed by atoms with Crippen molar-refractivity contribution in [3.05, 3.63) is 17.8 Å². The number of hydrogen-bond donors (Lipinski definition) is 0. The zero-order chi connectivity index (χ0) is 11.2. The number of rotatable bonds is 3. The summed E-state index contributed by atoms with van der Waals surface area (Å²) in [5, 5.41) is 0. The number of hydrogen-bond acceptors (Lipinski definition) is 3. The van der Waals surface area contributed by atoms with Crippen molar-refractivity contribution in [3.8, 4) is 0 Å². The fourth-order valence-corrected chi connectivity index (χ4v) is 2.25. The summed E-state index contributed by atoms with van der Waals surface area (Å²) in [4.78, 5) is 6.80. The Morgan fingerprint density at radius 3 is 2.50 bits per heavy atom. The Morgan fingerprint density at radius 2 is 1.88 bits per heavy atom. The van der Waals surface area contributed by atoms with Crippen LogP contribution >= 0.6 is 0 Å². The van der Waals surface area contributed by atoms with Gasteiger partial charge >= 0.3 is 0 Å². The summed E-state index contributed by atoms with van der Waals surface area (Å²) in [6.07, 6.45) is 9.60. The second kappa shape index (κ2) is 6.04. The van der Waals surface area contributed by atoms with Crippen LogP contribution < -0.4 is 0 Å². The molecule has 90 valence electrons. The number of oxazole rings is 1. The molecule has 0 unspecified atom stereocenters. The third-order valence-corrected chi connectivity index (χ3v) is 3.26. The highest BCUT2D eigenvalue weighted by Crippen LogP contribution is 2.13. The van der Waals surface area contributed by atoms with Gasteiger partial charge in [0.05, 0.1) is 12.7 Å². The molecule has 1 fully saturated rings. The predicted molar refractivity (Wildman–Crippen MR) is 64.2 cm³/mol. The summed E-state index contributed by atoms with van der Waals surface area (Å²) in [5.74, 6) is 1.89. The summed E-state index contributed by atoms with van der Waals surface area (Å²) >= 11 is 0. The largest absolute Gasteiger partial charge is 0.444 e. The second-order valence-electron chi connectivity index (χ2n) is 4.62. The molecule has 1 saturated heterocycles. The molecule has 2 rings (SSSR count). The summed E-state index contributed by atoms with van der Waals surface area (Å²) in [6, 6.07) is 0. The van der Waals surface area contributed by atoms with E-state index >= 15 is 0 Å². The van der Waals surface area contributed by atoms with E-state index in [4.69, 9.17) is 4.42 Å². The Hall–Kier alpha value is -0.830. The minimum absolute atomic E-state index is 0.887. The lowest BCUT2D eigenvalue weighted by Crippen LogP contribution is -2.26. The number of nitrogens with zero attached hydrogens (tertiary/aromatic N) is 2. The zero-order valence-corrected chi connectivity index (χ0v) is 10.2. The molecule has 0 N–H and O–H groups in total. The van der Waals surface area contributed by atoms with Gasteiger partial charge in [0.25, 0.3) is 0 Å². The van der Waals surface area contributed by atoms with Crippen molar-refractivity contribution in [2.45, 2.75) is 52.0 Å². The molecular weight excluding hydrogens is 200 g/mol. The van der Waals surface area contributed by atoms with Crippen molar-refractivity contribution in [1.29, 1.82) is 0 Å². The average molecular weight is 222 g/mol. The molecule has 16 heavy (non-hydrogen) atoms. The van der Waals surface area contributed by atoms with E-state index in [0.717, 1.165) is 24.6 Å². The van der Waals surface area contributed by atoms with Gasteiger partial charge in [-0.3, -0.25) is 4.90 Å². The summed E-state index contributed by atoms with van der Waals surface area (Å²) < 4.78 is 5.65. The highest BCUT2D eigenvalue weighted by atomic mass is 16.4. The predicted octanol–water partition coefficient (Wildman–Crippen LogP) is 3.00. The molecule has 0 saturated carbocycles. The van der Waals surface area contributed by atoms with Crippen LogP contribution in [0.2, 0.25) is 0 Å². The molecule has 0 amide bonds. The van der Waals surface area contributed by atoms with Crippen LogP contribution in [-0.4, -0.2) is 23.0 Å². The lowest BCUT2D eigenvalue weighted by Gasteiger charge is -2.22. The summed E-state index contributed by atoms with van der Waals surface area (Å²) in [6.45, 7) is 5.38. The van der Waals surface area contributed by atoms with Crippen molar-refractivity contribution in [2.75, 3.05) is 13.1 Å².